The van der Waals surface area contributed by atoms with E-state index in [0.29, 0.717) is 22.6 Å². The highest BCUT2D eigenvalue weighted by Crippen LogP contribution is 2.37. The minimum Gasteiger partial charge on any atom is -0.493 e. The van der Waals surface area contributed by atoms with Crippen LogP contribution in [0.4, 0.5) is 11.4 Å². The fourth-order valence-electron chi connectivity index (χ4n) is 2.74. The summed E-state index contributed by atoms with van der Waals surface area (Å²) in [5, 5.41) is 4.18. The van der Waals surface area contributed by atoms with Crippen LogP contribution in [0.2, 0.25) is 0 Å². The molecule has 6 nitrogen and oxygen atoms in total. The van der Waals surface area contributed by atoms with Gasteiger partial charge in [-0.2, -0.15) is 0 Å². The molecule has 134 valence electrons. The zero-order valence-electron chi connectivity index (χ0n) is 14.4. The number of anilines is 2. The number of nitrogens with zero attached hydrogens (tertiary/aromatic N) is 1. The van der Waals surface area contributed by atoms with E-state index in [1.807, 2.05) is 30.3 Å². The van der Waals surface area contributed by atoms with Gasteiger partial charge in [0.25, 0.3) is 0 Å². The summed E-state index contributed by atoms with van der Waals surface area (Å²) in [7, 11) is 3.15. The number of hydrogen-bond donors (Lipinski definition) is 2. The van der Waals surface area contributed by atoms with Crippen molar-refractivity contribution in [3.05, 3.63) is 52.6 Å². The summed E-state index contributed by atoms with van der Waals surface area (Å²) < 4.78 is 11.7. The normalized spacial score (nSPS) is 10.6. The number of halogens is 1. The van der Waals surface area contributed by atoms with Gasteiger partial charge < -0.3 is 20.5 Å². The Balaban J connectivity index is 2.21. The lowest BCUT2D eigenvalue weighted by atomic mass is 10.1. The van der Waals surface area contributed by atoms with Crippen LogP contribution < -0.4 is 20.5 Å². The van der Waals surface area contributed by atoms with Crippen LogP contribution in [0.15, 0.2) is 47.1 Å². The van der Waals surface area contributed by atoms with E-state index in [2.05, 4.69) is 26.2 Å². The molecule has 0 saturated carbocycles. The Bertz CT molecular complexity index is 976. The monoisotopic (exact) mass is 415 g/mol. The van der Waals surface area contributed by atoms with Crippen LogP contribution in [-0.4, -0.2) is 25.1 Å². The van der Waals surface area contributed by atoms with Gasteiger partial charge in [0.2, 0.25) is 5.91 Å². The minimum atomic E-state index is -0.427. The Kier molecular flexibility index (Phi) is 5.27. The lowest BCUT2D eigenvalue weighted by molar-refractivity contribution is -0.117. The van der Waals surface area contributed by atoms with E-state index in [9.17, 15) is 4.79 Å². The first-order valence-corrected chi connectivity index (χ1v) is 8.65. The van der Waals surface area contributed by atoms with Gasteiger partial charge in [0.05, 0.1) is 31.8 Å². The number of amides is 1. The number of rotatable bonds is 6. The molecule has 2 aromatic carbocycles. The van der Waals surface area contributed by atoms with Crippen molar-refractivity contribution < 1.29 is 14.3 Å². The molecule has 3 rings (SSSR count). The van der Waals surface area contributed by atoms with Crippen LogP contribution in [0, 0.1) is 0 Å². The van der Waals surface area contributed by atoms with Crippen molar-refractivity contribution in [2.45, 2.75) is 6.42 Å². The number of carbonyl (C=O) groups is 1. The third-order valence-electron chi connectivity index (χ3n) is 3.91. The standard InChI is InChI=1S/C19H18BrN3O3/c1-25-16-8-14-15(9-17(16)26-2)22-10-11(6-18(21)24)19(14)23-13-5-3-4-12(20)7-13/h3-5,7-10H,6H2,1-2H3,(H2,21,24)(H,22,23). The Hall–Kier alpha value is -2.80. The number of carbonyl (C=O) groups excluding carboxylic acids is 1. The number of benzene rings is 2. The summed E-state index contributed by atoms with van der Waals surface area (Å²) in [6.07, 6.45) is 1.73. The molecule has 0 atom stereocenters. The predicted molar refractivity (Wildman–Crippen MR) is 105 cm³/mol. The van der Waals surface area contributed by atoms with Crippen LogP contribution in [-0.2, 0) is 11.2 Å². The van der Waals surface area contributed by atoms with E-state index in [0.717, 1.165) is 21.2 Å². The van der Waals surface area contributed by atoms with Gasteiger partial charge in [0, 0.05) is 33.4 Å². The molecule has 0 aliphatic carbocycles. The second-order valence-corrected chi connectivity index (χ2v) is 6.58. The molecule has 26 heavy (non-hydrogen) atoms. The largest absolute Gasteiger partial charge is 0.493 e. The van der Waals surface area contributed by atoms with Gasteiger partial charge >= 0.3 is 0 Å². The number of aromatic nitrogens is 1. The number of fused-ring (bicyclic) bond motifs is 1. The van der Waals surface area contributed by atoms with Crippen molar-refractivity contribution >= 4 is 44.1 Å². The maximum absolute atomic E-state index is 11.5. The lowest BCUT2D eigenvalue weighted by Crippen LogP contribution is -2.15. The molecule has 0 aliphatic heterocycles. The van der Waals surface area contributed by atoms with E-state index in [-0.39, 0.29) is 6.42 Å². The number of nitrogens with one attached hydrogen (secondary N) is 1. The molecule has 0 radical (unpaired) electrons. The van der Waals surface area contributed by atoms with Gasteiger partial charge in [-0.3, -0.25) is 9.78 Å². The second-order valence-electron chi connectivity index (χ2n) is 5.66. The van der Waals surface area contributed by atoms with Gasteiger partial charge in [0.15, 0.2) is 11.5 Å². The summed E-state index contributed by atoms with van der Waals surface area (Å²) in [6.45, 7) is 0. The van der Waals surface area contributed by atoms with E-state index in [4.69, 9.17) is 15.2 Å². The minimum absolute atomic E-state index is 0.0770. The molecule has 0 unspecified atom stereocenters. The lowest BCUT2D eigenvalue weighted by Gasteiger charge is -2.16. The molecule has 0 aliphatic rings. The van der Waals surface area contributed by atoms with Crippen molar-refractivity contribution in [2.75, 3.05) is 19.5 Å². The molecule has 1 aromatic heterocycles. The molecule has 1 amide bonds. The SMILES string of the molecule is COc1cc2ncc(CC(N)=O)c(Nc3cccc(Br)c3)c2cc1OC. The highest BCUT2D eigenvalue weighted by atomic mass is 79.9. The number of ether oxygens (including phenoxy) is 2. The van der Waals surface area contributed by atoms with E-state index < -0.39 is 5.91 Å². The number of nitrogens with two attached hydrogens (primary N) is 1. The van der Waals surface area contributed by atoms with Crippen molar-refractivity contribution in [2.24, 2.45) is 5.73 Å². The van der Waals surface area contributed by atoms with Gasteiger partial charge in [-0.05, 0) is 24.3 Å². The van der Waals surface area contributed by atoms with Gasteiger partial charge in [0.1, 0.15) is 0 Å². The average Bonchev–Trinajstić information content (AvgIpc) is 2.62. The Morgan fingerprint density at radius 2 is 1.92 bits per heavy atom. The van der Waals surface area contributed by atoms with Gasteiger partial charge in [-0.25, -0.2) is 0 Å². The molecular weight excluding hydrogens is 398 g/mol. The number of primary amides is 1. The number of methoxy groups -OCH3 is 2. The zero-order valence-corrected chi connectivity index (χ0v) is 16.0. The van der Waals surface area contributed by atoms with Crippen molar-refractivity contribution in [1.29, 1.82) is 0 Å². The van der Waals surface area contributed by atoms with Gasteiger partial charge in [-0.1, -0.05) is 22.0 Å². The van der Waals surface area contributed by atoms with Crippen molar-refractivity contribution in [3.8, 4) is 11.5 Å². The highest BCUT2D eigenvalue weighted by Gasteiger charge is 2.15. The number of hydrogen-bond acceptors (Lipinski definition) is 5. The van der Waals surface area contributed by atoms with Gasteiger partial charge in [-0.15, -0.1) is 0 Å². The molecule has 3 N–H and O–H groups in total. The fourth-order valence-corrected chi connectivity index (χ4v) is 3.14. The summed E-state index contributed by atoms with van der Waals surface area (Å²) in [5.74, 6) is 0.739. The van der Waals surface area contributed by atoms with E-state index >= 15 is 0 Å². The van der Waals surface area contributed by atoms with Crippen molar-refractivity contribution in [3.63, 3.8) is 0 Å². The molecule has 0 saturated heterocycles. The molecule has 1 heterocycles. The Morgan fingerprint density at radius 1 is 1.19 bits per heavy atom. The molecular formula is C19H18BrN3O3. The fraction of sp³-hybridized carbons (Fsp3) is 0.158. The average molecular weight is 416 g/mol. The van der Waals surface area contributed by atoms with Crippen LogP contribution in [0.1, 0.15) is 5.56 Å². The quantitative estimate of drug-likeness (QED) is 0.639. The third kappa shape index (κ3) is 3.72. The molecule has 7 heteroatoms. The van der Waals surface area contributed by atoms with Crippen LogP contribution in [0.5, 0.6) is 11.5 Å². The third-order valence-corrected chi connectivity index (χ3v) is 4.40. The Morgan fingerprint density at radius 3 is 2.58 bits per heavy atom. The molecule has 3 aromatic rings. The first-order valence-electron chi connectivity index (χ1n) is 7.86. The van der Waals surface area contributed by atoms with Crippen LogP contribution in [0.25, 0.3) is 10.9 Å². The maximum Gasteiger partial charge on any atom is 0.221 e. The zero-order chi connectivity index (χ0) is 18.7. The summed E-state index contributed by atoms with van der Waals surface area (Å²) in [5.41, 5.74) is 8.46. The first kappa shape index (κ1) is 18.0. The topological polar surface area (TPSA) is 86.5 Å². The van der Waals surface area contributed by atoms with E-state index in [1.165, 1.54) is 0 Å². The molecule has 0 fully saturated rings. The van der Waals surface area contributed by atoms with E-state index in [1.54, 1.807) is 26.5 Å². The second kappa shape index (κ2) is 7.61. The highest BCUT2D eigenvalue weighted by molar-refractivity contribution is 9.10. The first-order chi connectivity index (χ1) is 12.5. The van der Waals surface area contributed by atoms with Crippen LogP contribution >= 0.6 is 15.9 Å². The molecule has 0 spiro atoms. The summed E-state index contributed by atoms with van der Waals surface area (Å²) in [6, 6.07) is 11.4. The summed E-state index contributed by atoms with van der Waals surface area (Å²) in [4.78, 5) is 15.9. The van der Waals surface area contributed by atoms with Crippen molar-refractivity contribution in [1.82, 2.24) is 4.98 Å². The Labute approximate surface area is 159 Å². The smallest absolute Gasteiger partial charge is 0.221 e. The predicted octanol–water partition coefficient (Wildman–Crippen LogP) is 3.79. The summed E-state index contributed by atoms with van der Waals surface area (Å²) >= 11 is 3.46. The molecule has 0 bridgehead atoms. The van der Waals surface area contributed by atoms with Crippen LogP contribution in [0.3, 0.4) is 0 Å². The number of pyridine rings is 1. The maximum atomic E-state index is 11.5.